The Morgan fingerprint density at radius 1 is 1.67 bits per heavy atom. The van der Waals surface area contributed by atoms with Crippen molar-refractivity contribution in [3.8, 4) is 0 Å². The van der Waals surface area contributed by atoms with E-state index >= 15 is 0 Å². The molecule has 1 aliphatic rings. The van der Waals surface area contributed by atoms with Crippen molar-refractivity contribution in [3.05, 3.63) is 11.6 Å². The molecule has 0 N–H and O–H groups in total. The first-order valence-corrected chi connectivity index (χ1v) is 4.54. The van der Waals surface area contributed by atoms with Gasteiger partial charge in [-0.15, -0.1) is 0 Å². The van der Waals surface area contributed by atoms with E-state index in [1.165, 1.54) is 5.57 Å². The highest BCUT2D eigenvalue weighted by molar-refractivity contribution is 5.73. The summed E-state index contributed by atoms with van der Waals surface area (Å²) >= 11 is 0. The van der Waals surface area contributed by atoms with Crippen molar-refractivity contribution in [2.45, 2.75) is 39.7 Å². The van der Waals surface area contributed by atoms with Gasteiger partial charge in [-0.25, -0.2) is 0 Å². The van der Waals surface area contributed by atoms with Gasteiger partial charge in [0.15, 0.2) is 0 Å². The summed E-state index contributed by atoms with van der Waals surface area (Å²) in [4.78, 5) is 13.1. The first kappa shape index (κ1) is 9.30. The van der Waals surface area contributed by atoms with Gasteiger partial charge < -0.3 is 4.90 Å². The molecule has 2 heteroatoms. The molecule has 12 heavy (non-hydrogen) atoms. The molecule has 1 atom stereocenters. The molecule has 0 radical (unpaired) electrons. The monoisotopic (exact) mass is 167 g/mol. The van der Waals surface area contributed by atoms with Crippen LogP contribution in [0.4, 0.5) is 0 Å². The minimum absolute atomic E-state index is 0.200. The summed E-state index contributed by atoms with van der Waals surface area (Å²) in [5.41, 5.74) is 1.41. The van der Waals surface area contributed by atoms with E-state index in [1.807, 2.05) is 4.90 Å². The smallest absolute Gasteiger partial charge is 0.219 e. The van der Waals surface area contributed by atoms with E-state index in [0.29, 0.717) is 6.04 Å². The number of carbonyl (C=O) groups is 1. The largest absolute Gasteiger partial charge is 0.340 e. The first-order valence-electron chi connectivity index (χ1n) is 4.54. The summed E-state index contributed by atoms with van der Waals surface area (Å²) in [6, 6.07) is 0.375. The van der Waals surface area contributed by atoms with Crippen LogP contribution in [0.2, 0.25) is 0 Å². The number of hydrogen-bond acceptors (Lipinski definition) is 1. The molecule has 0 aliphatic carbocycles. The van der Waals surface area contributed by atoms with Crippen molar-refractivity contribution in [3.63, 3.8) is 0 Å². The van der Waals surface area contributed by atoms with Crippen molar-refractivity contribution >= 4 is 5.91 Å². The molecule has 0 fully saturated rings. The predicted molar refractivity (Wildman–Crippen MR) is 49.8 cm³/mol. The molecule has 0 saturated heterocycles. The van der Waals surface area contributed by atoms with Crippen LogP contribution in [-0.4, -0.2) is 23.4 Å². The SMILES string of the molecule is CC(=O)N1CCC(C)=CC[C@@H]1C. The lowest BCUT2D eigenvalue weighted by atomic mass is 10.2. The van der Waals surface area contributed by atoms with Gasteiger partial charge in [0.1, 0.15) is 0 Å². The molecule has 1 amide bonds. The summed E-state index contributed by atoms with van der Waals surface area (Å²) in [6.45, 7) is 6.78. The van der Waals surface area contributed by atoms with Crippen LogP contribution in [0.15, 0.2) is 11.6 Å². The number of carbonyl (C=O) groups excluding carboxylic acids is 1. The zero-order chi connectivity index (χ0) is 9.14. The molecule has 0 bridgehead atoms. The molecule has 0 aromatic carbocycles. The third kappa shape index (κ3) is 2.10. The van der Waals surface area contributed by atoms with Gasteiger partial charge in [-0.2, -0.15) is 0 Å². The van der Waals surface area contributed by atoms with E-state index in [9.17, 15) is 4.79 Å². The zero-order valence-electron chi connectivity index (χ0n) is 8.13. The van der Waals surface area contributed by atoms with Gasteiger partial charge in [0.05, 0.1) is 0 Å². The third-order valence-corrected chi connectivity index (χ3v) is 2.49. The fraction of sp³-hybridized carbons (Fsp3) is 0.700. The number of rotatable bonds is 0. The van der Waals surface area contributed by atoms with E-state index in [1.54, 1.807) is 6.92 Å². The maximum atomic E-state index is 11.2. The van der Waals surface area contributed by atoms with Crippen LogP contribution in [0.1, 0.15) is 33.6 Å². The van der Waals surface area contributed by atoms with Crippen LogP contribution in [0, 0.1) is 0 Å². The normalized spacial score (nSPS) is 24.8. The van der Waals surface area contributed by atoms with Crippen molar-refractivity contribution in [2.24, 2.45) is 0 Å². The molecular formula is C10H17NO. The van der Waals surface area contributed by atoms with Gasteiger partial charge in [-0.3, -0.25) is 4.79 Å². The number of amides is 1. The molecule has 0 unspecified atom stereocenters. The van der Waals surface area contributed by atoms with Gasteiger partial charge in [-0.1, -0.05) is 11.6 Å². The van der Waals surface area contributed by atoms with Gasteiger partial charge in [-0.05, 0) is 26.7 Å². The third-order valence-electron chi connectivity index (χ3n) is 2.49. The van der Waals surface area contributed by atoms with Crippen LogP contribution >= 0.6 is 0 Å². The maximum absolute atomic E-state index is 11.2. The van der Waals surface area contributed by atoms with E-state index in [2.05, 4.69) is 19.9 Å². The van der Waals surface area contributed by atoms with Crippen LogP contribution < -0.4 is 0 Å². The Kier molecular flexibility index (Phi) is 2.90. The Morgan fingerprint density at radius 3 is 2.92 bits per heavy atom. The Hall–Kier alpha value is -0.790. The Bertz CT molecular complexity index is 208. The first-order chi connectivity index (χ1) is 5.61. The summed E-state index contributed by atoms with van der Waals surface area (Å²) in [5, 5.41) is 0. The molecule has 1 heterocycles. The molecule has 1 rings (SSSR count). The molecular weight excluding hydrogens is 150 g/mol. The Morgan fingerprint density at radius 2 is 2.33 bits per heavy atom. The fourth-order valence-corrected chi connectivity index (χ4v) is 1.59. The molecule has 0 saturated carbocycles. The standard InChI is InChI=1S/C10H17NO/c1-8-4-5-9(2)11(7-6-8)10(3)12/h4,9H,5-7H2,1-3H3/t9-/m0/s1. The lowest BCUT2D eigenvalue weighted by Crippen LogP contribution is -2.36. The van der Waals surface area contributed by atoms with Gasteiger partial charge in [0, 0.05) is 19.5 Å². The Labute approximate surface area is 74.2 Å². The molecule has 0 aromatic rings. The Balaban J connectivity index is 2.64. The second-order valence-electron chi connectivity index (χ2n) is 3.60. The molecule has 1 aliphatic heterocycles. The molecule has 0 spiro atoms. The number of nitrogens with zero attached hydrogens (tertiary/aromatic N) is 1. The number of hydrogen-bond donors (Lipinski definition) is 0. The topological polar surface area (TPSA) is 20.3 Å². The van der Waals surface area contributed by atoms with E-state index in [-0.39, 0.29) is 5.91 Å². The minimum Gasteiger partial charge on any atom is -0.340 e. The highest BCUT2D eigenvalue weighted by Gasteiger charge is 2.17. The summed E-state index contributed by atoms with van der Waals surface area (Å²) in [7, 11) is 0. The quantitative estimate of drug-likeness (QED) is 0.505. The molecule has 0 aromatic heterocycles. The van der Waals surface area contributed by atoms with Crippen LogP contribution in [0.25, 0.3) is 0 Å². The van der Waals surface area contributed by atoms with Crippen molar-refractivity contribution < 1.29 is 4.79 Å². The molecule has 68 valence electrons. The lowest BCUT2D eigenvalue weighted by Gasteiger charge is -2.25. The van der Waals surface area contributed by atoms with Crippen molar-refractivity contribution in [1.82, 2.24) is 4.90 Å². The second kappa shape index (κ2) is 3.74. The zero-order valence-corrected chi connectivity index (χ0v) is 8.13. The van der Waals surface area contributed by atoms with E-state index in [0.717, 1.165) is 19.4 Å². The van der Waals surface area contributed by atoms with Crippen LogP contribution in [0.5, 0.6) is 0 Å². The highest BCUT2D eigenvalue weighted by Crippen LogP contribution is 2.15. The minimum atomic E-state index is 0.200. The maximum Gasteiger partial charge on any atom is 0.219 e. The van der Waals surface area contributed by atoms with Gasteiger partial charge in [0.2, 0.25) is 5.91 Å². The van der Waals surface area contributed by atoms with Crippen molar-refractivity contribution in [1.29, 1.82) is 0 Å². The highest BCUT2D eigenvalue weighted by atomic mass is 16.2. The summed E-state index contributed by atoms with van der Waals surface area (Å²) in [5.74, 6) is 0.200. The fourth-order valence-electron chi connectivity index (χ4n) is 1.59. The van der Waals surface area contributed by atoms with Gasteiger partial charge >= 0.3 is 0 Å². The van der Waals surface area contributed by atoms with Gasteiger partial charge in [0.25, 0.3) is 0 Å². The molecule has 2 nitrogen and oxygen atoms in total. The van der Waals surface area contributed by atoms with Crippen molar-refractivity contribution in [2.75, 3.05) is 6.54 Å². The van der Waals surface area contributed by atoms with Crippen LogP contribution in [-0.2, 0) is 4.79 Å². The predicted octanol–water partition coefficient (Wildman–Crippen LogP) is 1.96. The second-order valence-corrected chi connectivity index (χ2v) is 3.60. The summed E-state index contributed by atoms with van der Waals surface area (Å²) in [6.07, 6.45) is 4.28. The van der Waals surface area contributed by atoms with E-state index < -0.39 is 0 Å². The van der Waals surface area contributed by atoms with Crippen LogP contribution in [0.3, 0.4) is 0 Å². The summed E-state index contributed by atoms with van der Waals surface area (Å²) < 4.78 is 0. The lowest BCUT2D eigenvalue weighted by molar-refractivity contribution is -0.130. The average Bonchev–Trinajstić information content (AvgIpc) is 2.14. The average molecular weight is 167 g/mol. The van der Waals surface area contributed by atoms with E-state index in [4.69, 9.17) is 0 Å².